The van der Waals surface area contributed by atoms with Gasteiger partial charge in [-0.05, 0) is 39.4 Å². The fraction of sp³-hybridized carbons (Fsp3) is 1.00. The molecule has 2 aliphatic heterocycles. The Kier molecular flexibility index (Phi) is 2.56. The number of fused-ring (bicyclic) bond motifs is 1. The number of nitrogens with one attached hydrogen (secondary N) is 1. The van der Waals surface area contributed by atoms with Crippen LogP contribution in [0.25, 0.3) is 0 Å². The van der Waals surface area contributed by atoms with Crippen LogP contribution in [0.5, 0.6) is 0 Å². The van der Waals surface area contributed by atoms with Crippen molar-refractivity contribution in [1.29, 1.82) is 0 Å². The van der Waals surface area contributed by atoms with Crippen molar-refractivity contribution < 1.29 is 4.39 Å². The van der Waals surface area contributed by atoms with Crippen LogP contribution in [0.2, 0.25) is 0 Å². The number of likely N-dealkylation sites (N-methyl/N-ethyl adjacent to an activating group) is 1. The summed E-state index contributed by atoms with van der Waals surface area (Å²) in [5.74, 6) is 0. The lowest BCUT2D eigenvalue weighted by atomic mass is 9.70. The number of hydrogen-bond donors (Lipinski definition) is 1. The van der Waals surface area contributed by atoms with Gasteiger partial charge in [0, 0.05) is 18.0 Å². The molecule has 2 heterocycles. The van der Waals surface area contributed by atoms with Gasteiger partial charge in [0.2, 0.25) is 0 Å². The van der Waals surface area contributed by atoms with E-state index in [2.05, 4.69) is 17.3 Å². The highest BCUT2D eigenvalue weighted by Crippen LogP contribution is 2.38. The molecule has 0 aromatic rings. The van der Waals surface area contributed by atoms with Crippen molar-refractivity contribution in [3.8, 4) is 0 Å². The quantitative estimate of drug-likeness (QED) is 0.658. The first-order valence-corrected chi connectivity index (χ1v) is 5.25. The van der Waals surface area contributed by atoms with Gasteiger partial charge in [-0.15, -0.1) is 0 Å². The Morgan fingerprint density at radius 2 is 2.38 bits per heavy atom. The zero-order valence-corrected chi connectivity index (χ0v) is 8.35. The van der Waals surface area contributed by atoms with E-state index in [0.717, 1.165) is 38.9 Å². The first-order valence-electron chi connectivity index (χ1n) is 5.25. The molecule has 0 spiro atoms. The van der Waals surface area contributed by atoms with Crippen molar-refractivity contribution in [2.75, 3.05) is 33.4 Å². The standard InChI is InChI=1S/C10H19FN2/c1-13-6-4-10(8-11)3-2-5-12-9(10)7-13/h9,12H,2-8H2,1H3. The average Bonchev–Trinajstić information content (AvgIpc) is 2.18. The van der Waals surface area contributed by atoms with Crippen LogP contribution in [0.4, 0.5) is 4.39 Å². The second-order valence-electron chi connectivity index (χ2n) is 4.62. The molecule has 0 aliphatic carbocycles. The van der Waals surface area contributed by atoms with Crippen molar-refractivity contribution in [3.63, 3.8) is 0 Å². The van der Waals surface area contributed by atoms with Crippen molar-refractivity contribution in [2.45, 2.75) is 25.3 Å². The molecule has 0 aromatic heterocycles. The van der Waals surface area contributed by atoms with Gasteiger partial charge in [0.15, 0.2) is 0 Å². The Morgan fingerprint density at radius 3 is 3.15 bits per heavy atom. The third-order valence-corrected chi connectivity index (χ3v) is 3.73. The van der Waals surface area contributed by atoms with Gasteiger partial charge in [0.05, 0.1) is 6.67 Å². The number of hydrogen-bond acceptors (Lipinski definition) is 2. The van der Waals surface area contributed by atoms with Gasteiger partial charge in [-0.2, -0.15) is 0 Å². The fourth-order valence-electron chi connectivity index (χ4n) is 2.71. The third-order valence-electron chi connectivity index (χ3n) is 3.73. The molecule has 2 rings (SSSR count). The van der Waals surface area contributed by atoms with Gasteiger partial charge in [0.1, 0.15) is 0 Å². The van der Waals surface area contributed by atoms with Gasteiger partial charge in [-0.1, -0.05) is 0 Å². The van der Waals surface area contributed by atoms with Crippen molar-refractivity contribution >= 4 is 0 Å². The summed E-state index contributed by atoms with van der Waals surface area (Å²) in [4.78, 5) is 2.30. The van der Waals surface area contributed by atoms with Crippen LogP contribution in [0.1, 0.15) is 19.3 Å². The molecule has 13 heavy (non-hydrogen) atoms. The zero-order chi connectivity index (χ0) is 9.31. The zero-order valence-electron chi connectivity index (χ0n) is 8.35. The number of piperidine rings is 2. The van der Waals surface area contributed by atoms with Crippen molar-refractivity contribution in [3.05, 3.63) is 0 Å². The molecule has 2 nitrogen and oxygen atoms in total. The third kappa shape index (κ3) is 1.59. The Labute approximate surface area is 79.5 Å². The number of halogens is 1. The first-order chi connectivity index (χ1) is 6.27. The molecule has 2 saturated heterocycles. The summed E-state index contributed by atoms with van der Waals surface area (Å²) in [6, 6.07) is 0.394. The molecule has 2 aliphatic rings. The Balaban J connectivity index is 2.10. The van der Waals surface area contributed by atoms with E-state index in [-0.39, 0.29) is 12.1 Å². The van der Waals surface area contributed by atoms with Gasteiger partial charge in [-0.3, -0.25) is 4.39 Å². The van der Waals surface area contributed by atoms with Crippen LogP contribution < -0.4 is 5.32 Å². The minimum atomic E-state index is -0.140. The molecular weight excluding hydrogens is 167 g/mol. The molecule has 3 heteroatoms. The smallest absolute Gasteiger partial charge is 0.0966 e. The number of likely N-dealkylation sites (tertiary alicyclic amines) is 1. The molecule has 0 radical (unpaired) electrons. The lowest BCUT2D eigenvalue weighted by Gasteiger charge is -2.48. The molecular formula is C10H19FN2. The van der Waals surface area contributed by atoms with Crippen LogP contribution in [0.3, 0.4) is 0 Å². The minimum Gasteiger partial charge on any atom is -0.312 e. The predicted octanol–water partition coefficient (Wildman–Crippen LogP) is 1.03. The second kappa shape index (κ2) is 3.54. The largest absolute Gasteiger partial charge is 0.312 e. The predicted molar refractivity (Wildman–Crippen MR) is 51.5 cm³/mol. The van der Waals surface area contributed by atoms with Gasteiger partial charge < -0.3 is 10.2 Å². The summed E-state index contributed by atoms with van der Waals surface area (Å²) >= 11 is 0. The maximum absolute atomic E-state index is 13.1. The van der Waals surface area contributed by atoms with Crippen molar-refractivity contribution in [1.82, 2.24) is 10.2 Å². The lowest BCUT2D eigenvalue weighted by molar-refractivity contribution is 0.0209. The van der Waals surface area contributed by atoms with Crippen molar-refractivity contribution in [2.24, 2.45) is 5.41 Å². The SMILES string of the molecule is CN1CCC2(CF)CCCNC2C1. The van der Waals surface area contributed by atoms with Crippen LogP contribution >= 0.6 is 0 Å². The Bertz CT molecular complexity index is 186. The maximum Gasteiger partial charge on any atom is 0.0966 e. The highest BCUT2D eigenvalue weighted by molar-refractivity contribution is 4.98. The average molecular weight is 186 g/mol. The molecule has 2 fully saturated rings. The van der Waals surface area contributed by atoms with Gasteiger partial charge in [-0.25, -0.2) is 0 Å². The van der Waals surface area contributed by atoms with Crippen LogP contribution in [-0.2, 0) is 0 Å². The number of rotatable bonds is 1. The summed E-state index contributed by atoms with van der Waals surface area (Å²) < 4.78 is 13.1. The monoisotopic (exact) mass is 186 g/mol. The lowest BCUT2D eigenvalue weighted by Crippen LogP contribution is -2.60. The Morgan fingerprint density at radius 1 is 1.54 bits per heavy atom. The van der Waals surface area contributed by atoms with Gasteiger partial charge in [0.25, 0.3) is 0 Å². The molecule has 0 aromatic carbocycles. The molecule has 76 valence electrons. The summed E-state index contributed by atoms with van der Waals surface area (Å²) in [5.41, 5.74) is -0.0231. The van der Waals surface area contributed by atoms with E-state index >= 15 is 0 Å². The molecule has 1 N–H and O–H groups in total. The second-order valence-corrected chi connectivity index (χ2v) is 4.62. The molecule has 0 saturated carbocycles. The van der Waals surface area contributed by atoms with E-state index in [1.54, 1.807) is 0 Å². The maximum atomic E-state index is 13.1. The first kappa shape index (κ1) is 9.41. The summed E-state index contributed by atoms with van der Waals surface area (Å²) in [5, 5.41) is 3.46. The number of nitrogens with zero attached hydrogens (tertiary/aromatic N) is 1. The highest BCUT2D eigenvalue weighted by atomic mass is 19.1. The van der Waals surface area contributed by atoms with E-state index in [9.17, 15) is 4.39 Å². The van der Waals surface area contributed by atoms with Crippen LogP contribution in [-0.4, -0.2) is 44.3 Å². The minimum absolute atomic E-state index is 0.0231. The van der Waals surface area contributed by atoms with E-state index in [1.165, 1.54) is 0 Å². The van der Waals surface area contributed by atoms with Crippen LogP contribution in [0.15, 0.2) is 0 Å². The fourth-order valence-corrected chi connectivity index (χ4v) is 2.71. The van der Waals surface area contributed by atoms with E-state index < -0.39 is 0 Å². The molecule has 2 unspecified atom stereocenters. The highest BCUT2D eigenvalue weighted by Gasteiger charge is 2.43. The van der Waals surface area contributed by atoms with Gasteiger partial charge >= 0.3 is 0 Å². The molecule has 2 atom stereocenters. The molecule has 0 bridgehead atoms. The van der Waals surface area contributed by atoms with Crippen LogP contribution in [0, 0.1) is 5.41 Å². The molecule has 0 amide bonds. The van der Waals surface area contributed by atoms with E-state index in [0.29, 0.717) is 6.04 Å². The Hall–Kier alpha value is -0.150. The van der Waals surface area contributed by atoms with E-state index in [4.69, 9.17) is 0 Å². The summed E-state index contributed by atoms with van der Waals surface area (Å²) in [6.07, 6.45) is 3.25. The topological polar surface area (TPSA) is 15.3 Å². The van der Waals surface area contributed by atoms with E-state index in [1.807, 2.05) is 0 Å². The normalized spacial score (nSPS) is 41.5. The summed E-state index contributed by atoms with van der Waals surface area (Å²) in [6.45, 7) is 3.00. The summed E-state index contributed by atoms with van der Waals surface area (Å²) in [7, 11) is 2.12. The number of alkyl halides is 1.